The van der Waals surface area contributed by atoms with Crippen LogP contribution in [0.2, 0.25) is 0 Å². The average Bonchev–Trinajstić information content (AvgIpc) is 2.16. The fraction of sp³-hybridized carbons (Fsp3) is 1.00. The first-order chi connectivity index (χ1) is 5.86. The summed E-state index contributed by atoms with van der Waals surface area (Å²) in [7, 11) is 0. The van der Waals surface area contributed by atoms with Gasteiger partial charge in [-0.3, -0.25) is 0 Å². The Hall–Kier alpha value is -0.0800. The second kappa shape index (κ2) is 5.55. The molecule has 0 spiro atoms. The molecule has 0 aromatic carbocycles. The summed E-state index contributed by atoms with van der Waals surface area (Å²) < 4.78 is 5.32. The zero-order valence-electron chi connectivity index (χ0n) is 8.09. The van der Waals surface area contributed by atoms with Crippen LogP contribution < -0.4 is 5.73 Å². The van der Waals surface area contributed by atoms with Crippen molar-refractivity contribution in [2.75, 3.05) is 19.8 Å². The van der Waals surface area contributed by atoms with Crippen LogP contribution in [0.3, 0.4) is 0 Å². The third kappa shape index (κ3) is 3.11. The van der Waals surface area contributed by atoms with Crippen LogP contribution >= 0.6 is 0 Å². The zero-order chi connectivity index (χ0) is 8.81. The van der Waals surface area contributed by atoms with Gasteiger partial charge in [-0.05, 0) is 37.6 Å². The van der Waals surface area contributed by atoms with Gasteiger partial charge in [0, 0.05) is 13.2 Å². The van der Waals surface area contributed by atoms with Gasteiger partial charge in [-0.25, -0.2) is 0 Å². The first-order valence-corrected chi connectivity index (χ1v) is 5.14. The molecule has 2 heteroatoms. The Morgan fingerprint density at radius 1 is 1.42 bits per heavy atom. The number of rotatable bonds is 4. The van der Waals surface area contributed by atoms with Crippen LogP contribution in [0.4, 0.5) is 0 Å². The predicted molar refractivity (Wildman–Crippen MR) is 51.0 cm³/mol. The molecule has 2 nitrogen and oxygen atoms in total. The molecule has 0 radical (unpaired) electrons. The van der Waals surface area contributed by atoms with E-state index in [9.17, 15) is 0 Å². The normalized spacial score (nSPS) is 22.5. The van der Waals surface area contributed by atoms with Crippen molar-refractivity contribution in [3.8, 4) is 0 Å². The SMILES string of the molecule is CCC(CN)CC1CCOCC1. The molecule has 1 saturated heterocycles. The molecule has 12 heavy (non-hydrogen) atoms. The smallest absolute Gasteiger partial charge is 0.0468 e. The average molecular weight is 171 g/mol. The van der Waals surface area contributed by atoms with E-state index in [1.54, 1.807) is 0 Å². The lowest BCUT2D eigenvalue weighted by Gasteiger charge is -2.25. The Kier molecular flexibility index (Phi) is 4.62. The molecule has 1 fully saturated rings. The summed E-state index contributed by atoms with van der Waals surface area (Å²) in [6, 6.07) is 0. The lowest BCUT2D eigenvalue weighted by molar-refractivity contribution is 0.0587. The fourth-order valence-electron chi connectivity index (χ4n) is 1.88. The maximum atomic E-state index is 5.67. The zero-order valence-corrected chi connectivity index (χ0v) is 8.09. The predicted octanol–water partition coefficient (Wildman–Crippen LogP) is 1.79. The monoisotopic (exact) mass is 171 g/mol. The molecule has 1 heterocycles. The van der Waals surface area contributed by atoms with Crippen molar-refractivity contribution >= 4 is 0 Å². The van der Waals surface area contributed by atoms with Crippen molar-refractivity contribution in [1.29, 1.82) is 0 Å². The fourth-order valence-corrected chi connectivity index (χ4v) is 1.88. The summed E-state index contributed by atoms with van der Waals surface area (Å²) in [5, 5.41) is 0. The second-order valence-corrected chi connectivity index (χ2v) is 3.80. The third-order valence-corrected chi connectivity index (χ3v) is 2.92. The molecule has 1 aliphatic heterocycles. The van der Waals surface area contributed by atoms with Crippen molar-refractivity contribution in [2.24, 2.45) is 17.6 Å². The molecule has 0 saturated carbocycles. The number of nitrogens with two attached hydrogens (primary N) is 1. The lowest BCUT2D eigenvalue weighted by atomic mass is 9.88. The van der Waals surface area contributed by atoms with Crippen LogP contribution in [0.1, 0.15) is 32.6 Å². The molecule has 0 amide bonds. The highest BCUT2D eigenvalue weighted by molar-refractivity contribution is 4.68. The summed E-state index contributed by atoms with van der Waals surface area (Å²) in [6.07, 6.45) is 5.04. The molecular formula is C10H21NO. The largest absolute Gasteiger partial charge is 0.381 e. The second-order valence-electron chi connectivity index (χ2n) is 3.80. The van der Waals surface area contributed by atoms with Gasteiger partial charge in [-0.15, -0.1) is 0 Å². The molecule has 0 aromatic heterocycles. The van der Waals surface area contributed by atoms with Gasteiger partial charge in [0.15, 0.2) is 0 Å². The van der Waals surface area contributed by atoms with Gasteiger partial charge < -0.3 is 10.5 Å². The number of hydrogen-bond acceptors (Lipinski definition) is 2. The van der Waals surface area contributed by atoms with Crippen LogP contribution in [0.15, 0.2) is 0 Å². The van der Waals surface area contributed by atoms with E-state index in [-0.39, 0.29) is 0 Å². The van der Waals surface area contributed by atoms with Gasteiger partial charge in [0.05, 0.1) is 0 Å². The Labute approximate surface area is 75.5 Å². The van der Waals surface area contributed by atoms with E-state index in [2.05, 4.69) is 6.92 Å². The molecule has 72 valence electrons. The first-order valence-electron chi connectivity index (χ1n) is 5.14. The quantitative estimate of drug-likeness (QED) is 0.700. The highest BCUT2D eigenvalue weighted by Gasteiger charge is 2.17. The summed E-state index contributed by atoms with van der Waals surface area (Å²) in [6.45, 7) is 5.02. The third-order valence-electron chi connectivity index (χ3n) is 2.92. The molecule has 0 aliphatic carbocycles. The number of ether oxygens (including phenoxy) is 1. The minimum atomic E-state index is 0.744. The van der Waals surface area contributed by atoms with Gasteiger partial charge in [0.1, 0.15) is 0 Å². The first kappa shape index (κ1) is 10.0. The summed E-state index contributed by atoms with van der Waals surface area (Å²) in [4.78, 5) is 0. The minimum Gasteiger partial charge on any atom is -0.381 e. The van der Waals surface area contributed by atoms with Crippen LogP contribution in [0.25, 0.3) is 0 Å². The molecule has 0 aromatic rings. The summed E-state index contributed by atoms with van der Waals surface area (Å²) in [5.41, 5.74) is 5.67. The van der Waals surface area contributed by atoms with Crippen molar-refractivity contribution in [3.63, 3.8) is 0 Å². The Balaban J connectivity index is 2.18. The van der Waals surface area contributed by atoms with E-state index in [0.717, 1.165) is 31.6 Å². The molecule has 1 unspecified atom stereocenters. The Morgan fingerprint density at radius 3 is 2.58 bits per heavy atom. The number of hydrogen-bond donors (Lipinski definition) is 1. The van der Waals surface area contributed by atoms with Crippen LogP contribution in [-0.2, 0) is 4.74 Å². The van der Waals surface area contributed by atoms with Crippen LogP contribution in [0, 0.1) is 11.8 Å². The maximum absolute atomic E-state index is 5.67. The van der Waals surface area contributed by atoms with E-state index < -0.39 is 0 Å². The van der Waals surface area contributed by atoms with Crippen LogP contribution in [-0.4, -0.2) is 19.8 Å². The highest BCUT2D eigenvalue weighted by atomic mass is 16.5. The van der Waals surface area contributed by atoms with Crippen molar-refractivity contribution in [2.45, 2.75) is 32.6 Å². The van der Waals surface area contributed by atoms with Gasteiger partial charge in [0.25, 0.3) is 0 Å². The molecule has 0 bridgehead atoms. The van der Waals surface area contributed by atoms with E-state index in [0.29, 0.717) is 0 Å². The molecule has 1 rings (SSSR count). The van der Waals surface area contributed by atoms with E-state index in [1.807, 2.05) is 0 Å². The Bertz CT molecular complexity index is 106. The maximum Gasteiger partial charge on any atom is 0.0468 e. The van der Waals surface area contributed by atoms with Crippen molar-refractivity contribution < 1.29 is 4.74 Å². The van der Waals surface area contributed by atoms with Gasteiger partial charge >= 0.3 is 0 Å². The molecule has 1 aliphatic rings. The van der Waals surface area contributed by atoms with E-state index in [1.165, 1.54) is 25.7 Å². The summed E-state index contributed by atoms with van der Waals surface area (Å²) >= 11 is 0. The molecule has 1 atom stereocenters. The van der Waals surface area contributed by atoms with E-state index >= 15 is 0 Å². The van der Waals surface area contributed by atoms with Crippen molar-refractivity contribution in [3.05, 3.63) is 0 Å². The van der Waals surface area contributed by atoms with Gasteiger partial charge in [0.2, 0.25) is 0 Å². The standard InChI is InChI=1S/C10H21NO/c1-2-9(8-11)7-10-3-5-12-6-4-10/h9-10H,2-8,11H2,1H3. The van der Waals surface area contributed by atoms with Crippen molar-refractivity contribution in [1.82, 2.24) is 0 Å². The summed E-state index contributed by atoms with van der Waals surface area (Å²) in [5.74, 6) is 1.63. The van der Waals surface area contributed by atoms with Crippen LogP contribution in [0.5, 0.6) is 0 Å². The lowest BCUT2D eigenvalue weighted by Crippen LogP contribution is -2.22. The topological polar surface area (TPSA) is 35.2 Å². The van der Waals surface area contributed by atoms with Gasteiger partial charge in [-0.2, -0.15) is 0 Å². The highest BCUT2D eigenvalue weighted by Crippen LogP contribution is 2.23. The molecular weight excluding hydrogens is 150 g/mol. The Morgan fingerprint density at radius 2 is 2.08 bits per heavy atom. The van der Waals surface area contributed by atoms with E-state index in [4.69, 9.17) is 10.5 Å². The minimum absolute atomic E-state index is 0.744. The molecule has 2 N–H and O–H groups in total. The van der Waals surface area contributed by atoms with Gasteiger partial charge in [-0.1, -0.05) is 13.3 Å².